The van der Waals surface area contributed by atoms with Crippen molar-refractivity contribution in [2.75, 3.05) is 0 Å². The smallest absolute Gasteiger partial charge is 0.336 e. The highest BCUT2D eigenvalue weighted by atomic mass is 16.4. The molecule has 0 amide bonds. The van der Waals surface area contributed by atoms with E-state index < -0.39 is 28.9 Å². The summed E-state index contributed by atoms with van der Waals surface area (Å²) >= 11 is 0. The van der Waals surface area contributed by atoms with E-state index in [0.29, 0.717) is 0 Å². The minimum atomic E-state index is -2.93. The Labute approximate surface area is 85.9 Å². The average molecular weight is 216 g/mol. The van der Waals surface area contributed by atoms with Crippen LogP contribution >= 0.6 is 0 Å². The third-order valence-electron chi connectivity index (χ3n) is 2.12. The number of ketones is 2. The molecule has 0 aliphatic heterocycles. The maximum Gasteiger partial charge on any atom is 0.336 e. The van der Waals surface area contributed by atoms with Crippen LogP contribution in [0, 0.1) is 5.41 Å². The number of Topliss-reactive ketones (excluding diaryl/α,β-unsaturated/α-hetero) is 2. The van der Waals surface area contributed by atoms with E-state index in [9.17, 15) is 19.2 Å². The van der Waals surface area contributed by atoms with E-state index in [1.165, 1.54) is 13.8 Å². The number of carbonyl (C=O) groups is 4. The summed E-state index contributed by atoms with van der Waals surface area (Å²) in [6.07, 6.45) is -0.630. The second-order valence-electron chi connectivity index (χ2n) is 2.91. The molecule has 0 aromatic rings. The Balaban J connectivity index is 5.70. The first-order valence-electron chi connectivity index (χ1n) is 4.39. The van der Waals surface area contributed by atoms with Crippen LogP contribution in [0.3, 0.4) is 0 Å². The van der Waals surface area contributed by atoms with Crippen molar-refractivity contribution in [3.05, 3.63) is 0 Å². The van der Waals surface area contributed by atoms with Crippen molar-refractivity contribution in [3.8, 4) is 0 Å². The first-order valence-corrected chi connectivity index (χ1v) is 4.39. The lowest BCUT2D eigenvalue weighted by Gasteiger charge is -2.20. The van der Waals surface area contributed by atoms with Crippen LogP contribution in [0.2, 0.25) is 0 Å². The minimum Gasteiger partial charge on any atom is -0.480 e. The summed E-state index contributed by atoms with van der Waals surface area (Å²) in [4.78, 5) is 44.4. The molecule has 0 bridgehead atoms. The second kappa shape index (κ2) is 4.68. The van der Waals surface area contributed by atoms with Gasteiger partial charge >= 0.3 is 11.9 Å². The molecule has 0 heterocycles. The molecular formula is C9H12O6. The van der Waals surface area contributed by atoms with Crippen molar-refractivity contribution >= 4 is 23.5 Å². The largest absolute Gasteiger partial charge is 0.480 e. The Morgan fingerprint density at radius 1 is 0.867 bits per heavy atom. The summed E-state index contributed by atoms with van der Waals surface area (Å²) < 4.78 is 0. The van der Waals surface area contributed by atoms with E-state index in [1.807, 2.05) is 0 Å². The molecule has 0 fully saturated rings. The summed E-state index contributed by atoms with van der Waals surface area (Å²) in [5, 5.41) is 17.5. The molecule has 0 spiro atoms. The second-order valence-corrected chi connectivity index (χ2v) is 2.91. The number of aliphatic carboxylic acids is 2. The Bertz CT molecular complexity index is 285. The number of carboxylic acid groups (broad SMARTS) is 2. The van der Waals surface area contributed by atoms with Gasteiger partial charge in [0.1, 0.15) is 0 Å². The van der Waals surface area contributed by atoms with Crippen molar-refractivity contribution in [1.82, 2.24) is 0 Å². The first-order chi connectivity index (χ1) is 6.85. The molecule has 6 heteroatoms. The Morgan fingerprint density at radius 3 is 1.27 bits per heavy atom. The zero-order valence-electron chi connectivity index (χ0n) is 8.44. The fourth-order valence-electron chi connectivity index (χ4n) is 1.25. The zero-order chi connectivity index (χ0) is 12.2. The molecule has 0 saturated carbocycles. The van der Waals surface area contributed by atoms with E-state index in [-0.39, 0.29) is 12.8 Å². The Kier molecular flexibility index (Phi) is 4.14. The van der Waals surface area contributed by atoms with E-state index in [4.69, 9.17) is 10.2 Å². The molecule has 0 aromatic carbocycles. The quantitative estimate of drug-likeness (QED) is 0.609. The van der Waals surface area contributed by atoms with Crippen LogP contribution < -0.4 is 0 Å². The van der Waals surface area contributed by atoms with Crippen LogP contribution in [0.25, 0.3) is 0 Å². The van der Waals surface area contributed by atoms with Crippen molar-refractivity contribution in [3.63, 3.8) is 0 Å². The van der Waals surface area contributed by atoms with Crippen molar-refractivity contribution in [2.24, 2.45) is 5.41 Å². The summed E-state index contributed by atoms with van der Waals surface area (Å²) in [6, 6.07) is 0. The molecule has 0 rings (SSSR count). The number of hydrogen-bond donors (Lipinski definition) is 2. The van der Waals surface area contributed by atoms with Gasteiger partial charge in [-0.25, -0.2) is 0 Å². The summed E-state index contributed by atoms with van der Waals surface area (Å²) in [6.45, 7) is 2.62. The summed E-state index contributed by atoms with van der Waals surface area (Å²) in [5.74, 6) is -6.05. The predicted octanol–water partition coefficient (Wildman–Crippen LogP) is 0.100. The Hall–Kier alpha value is -1.72. The zero-order valence-corrected chi connectivity index (χ0v) is 8.44. The molecule has 6 nitrogen and oxygen atoms in total. The molecule has 0 aliphatic carbocycles. The average Bonchev–Trinajstić information content (AvgIpc) is 2.16. The maximum atomic E-state index is 11.3. The highest BCUT2D eigenvalue weighted by Gasteiger charge is 2.57. The van der Waals surface area contributed by atoms with Gasteiger partial charge in [-0.2, -0.15) is 0 Å². The van der Waals surface area contributed by atoms with Gasteiger partial charge in [-0.05, 0) is 0 Å². The van der Waals surface area contributed by atoms with Gasteiger partial charge in [-0.15, -0.1) is 0 Å². The van der Waals surface area contributed by atoms with Crippen LogP contribution in [0.5, 0.6) is 0 Å². The fraction of sp³-hybridized carbons (Fsp3) is 0.556. The molecule has 15 heavy (non-hydrogen) atoms. The van der Waals surface area contributed by atoms with Gasteiger partial charge in [0.15, 0.2) is 11.6 Å². The van der Waals surface area contributed by atoms with Crippen molar-refractivity contribution in [2.45, 2.75) is 26.7 Å². The van der Waals surface area contributed by atoms with Gasteiger partial charge in [-0.3, -0.25) is 19.2 Å². The molecule has 0 aliphatic rings. The fourth-order valence-corrected chi connectivity index (χ4v) is 1.25. The van der Waals surface area contributed by atoms with Gasteiger partial charge in [0.2, 0.25) is 0 Å². The topological polar surface area (TPSA) is 109 Å². The lowest BCUT2D eigenvalue weighted by Crippen LogP contribution is -2.52. The molecule has 0 radical (unpaired) electrons. The molecule has 0 unspecified atom stereocenters. The van der Waals surface area contributed by atoms with Crippen LogP contribution in [-0.4, -0.2) is 33.7 Å². The highest BCUT2D eigenvalue weighted by Crippen LogP contribution is 2.24. The molecule has 0 aromatic heterocycles. The molecule has 0 saturated heterocycles. The predicted molar refractivity (Wildman–Crippen MR) is 48.3 cm³/mol. The van der Waals surface area contributed by atoms with E-state index >= 15 is 0 Å². The third-order valence-corrected chi connectivity index (χ3v) is 2.12. The number of carboxylic acids is 2. The molecule has 2 N–H and O–H groups in total. The molecule has 0 atom stereocenters. The number of rotatable bonds is 6. The number of hydrogen-bond acceptors (Lipinski definition) is 4. The highest BCUT2D eigenvalue weighted by molar-refractivity contribution is 6.35. The van der Waals surface area contributed by atoms with Crippen LogP contribution in [0.4, 0.5) is 0 Å². The van der Waals surface area contributed by atoms with Crippen molar-refractivity contribution < 1.29 is 29.4 Å². The van der Waals surface area contributed by atoms with Crippen LogP contribution in [-0.2, 0) is 19.2 Å². The third kappa shape index (κ3) is 1.88. The standard InChI is InChI=1S/C9H12O6/c1-3-5(10)9(7(12)13,8(14)15)6(11)4-2/h3-4H2,1-2H3,(H,12,13)(H,14,15). The SMILES string of the molecule is CCC(=O)C(C(=O)O)(C(=O)O)C(=O)CC. The van der Waals surface area contributed by atoms with Gasteiger partial charge in [0.05, 0.1) is 0 Å². The van der Waals surface area contributed by atoms with Gasteiger partial charge in [0, 0.05) is 12.8 Å². The number of carbonyl (C=O) groups excluding carboxylic acids is 2. The molecular weight excluding hydrogens is 204 g/mol. The summed E-state index contributed by atoms with van der Waals surface area (Å²) in [5.41, 5.74) is -2.93. The van der Waals surface area contributed by atoms with Crippen molar-refractivity contribution in [1.29, 1.82) is 0 Å². The van der Waals surface area contributed by atoms with Gasteiger partial charge in [0.25, 0.3) is 5.41 Å². The normalized spacial score (nSPS) is 10.8. The Morgan fingerprint density at radius 2 is 1.13 bits per heavy atom. The van der Waals surface area contributed by atoms with Crippen LogP contribution in [0.1, 0.15) is 26.7 Å². The maximum absolute atomic E-state index is 11.3. The van der Waals surface area contributed by atoms with E-state index in [2.05, 4.69) is 0 Å². The summed E-state index contributed by atoms with van der Waals surface area (Å²) in [7, 11) is 0. The lowest BCUT2D eigenvalue weighted by atomic mass is 9.77. The van der Waals surface area contributed by atoms with E-state index in [1.54, 1.807) is 0 Å². The lowest BCUT2D eigenvalue weighted by molar-refractivity contribution is -0.171. The van der Waals surface area contributed by atoms with Gasteiger partial charge in [-0.1, -0.05) is 13.8 Å². The van der Waals surface area contributed by atoms with Gasteiger partial charge < -0.3 is 10.2 Å². The first kappa shape index (κ1) is 13.3. The molecule has 84 valence electrons. The monoisotopic (exact) mass is 216 g/mol. The van der Waals surface area contributed by atoms with E-state index in [0.717, 1.165) is 0 Å². The van der Waals surface area contributed by atoms with Crippen LogP contribution in [0.15, 0.2) is 0 Å². The minimum absolute atomic E-state index is 0.315.